The predicted octanol–water partition coefficient (Wildman–Crippen LogP) is 3.11. The van der Waals surface area contributed by atoms with Gasteiger partial charge in [-0.3, -0.25) is 0 Å². The van der Waals surface area contributed by atoms with E-state index in [4.69, 9.17) is 19.7 Å². The Labute approximate surface area is 124 Å². The Morgan fingerprint density at radius 2 is 2.00 bits per heavy atom. The number of nitrogens with two attached hydrogens (primary N) is 1. The van der Waals surface area contributed by atoms with Gasteiger partial charge in [-0.2, -0.15) is 4.98 Å². The van der Waals surface area contributed by atoms with Gasteiger partial charge < -0.3 is 19.7 Å². The molecule has 1 atom stereocenters. The lowest BCUT2D eigenvalue weighted by Crippen LogP contribution is -2.06. The van der Waals surface area contributed by atoms with Crippen molar-refractivity contribution in [3.8, 4) is 5.75 Å². The molecule has 6 heteroatoms. The first-order valence-corrected chi connectivity index (χ1v) is 7.15. The van der Waals surface area contributed by atoms with Gasteiger partial charge in [0.1, 0.15) is 11.9 Å². The van der Waals surface area contributed by atoms with Gasteiger partial charge in [0.05, 0.1) is 0 Å². The van der Waals surface area contributed by atoms with Gasteiger partial charge in [0, 0.05) is 12.3 Å². The average molecular weight is 291 g/mol. The lowest BCUT2D eigenvalue weighted by molar-refractivity contribution is 0.0477. The molecule has 0 spiro atoms. The molecule has 1 unspecified atom stereocenters. The van der Waals surface area contributed by atoms with Gasteiger partial charge >= 0.3 is 0 Å². The Hall–Kier alpha value is -2.08. The Kier molecular flexibility index (Phi) is 5.57. The maximum Gasteiger partial charge on any atom is 0.264 e. The predicted molar refractivity (Wildman–Crippen MR) is 78.8 cm³/mol. The number of hydrogen-bond donors (Lipinski definition) is 1. The van der Waals surface area contributed by atoms with Crippen molar-refractivity contribution in [3.63, 3.8) is 0 Å². The fraction of sp³-hybridized carbons (Fsp3) is 0.467. The minimum Gasteiger partial charge on any atom is -0.484 e. The molecular weight excluding hydrogens is 270 g/mol. The molecule has 0 fully saturated rings. The molecule has 6 nitrogen and oxygen atoms in total. The molecule has 0 aliphatic carbocycles. The highest BCUT2D eigenvalue weighted by atomic mass is 16.5. The van der Waals surface area contributed by atoms with Crippen molar-refractivity contribution in [1.82, 2.24) is 10.1 Å². The van der Waals surface area contributed by atoms with Gasteiger partial charge in [-0.15, -0.1) is 0 Å². The number of nitrogens with zero attached hydrogens (tertiary/aromatic N) is 2. The van der Waals surface area contributed by atoms with Crippen molar-refractivity contribution in [1.29, 1.82) is 0 Å². The zero-order chi connectivity index (χ0) is 15.1. The van der Waals surface area contributed by atoms with E-state index in [9.17, 15) is 0 Å². The molecule has 1 aromatic carbocycles. The van der Waals surface area contributed by atoms with E-state index in [0.717, 1.165) is 12.8 Å². The number of anilines is 1. The zero-order valence-electron chi connectivity index (χ0n) is 12.4. The van der Waals surface area contributed by atoms with Gasteiger partial charge in [0.2, 0.25) is 5.82 Å². The highest BCUT2D eigenvalue weighted by molar-refractivity contribution is 5.41. The lowest BCUT2D eigenvalue weighted by atomic mass is 10.2. The van der Waals surface area contributed by atoms with E-state index in [1.807, 2.05) is 6.92 Å². The van der Waals surface area contributed by atoms with Crippen LogP contribution in [0.5, 0.6) is 5.75 Å². The molecule has 1 aromatic heterocycles. The molecule has 2 N–H and O–H groups in total. The summed E-state index contributed by atoms with van der Waals surface area (Å²) in [6, 6.07) is 7.15. The molecular formula is C15H21N3O3. The fourth-order valence-corrected chi connectivity index (χ4v) is 1.92. The van der Waals surface area contributed by atoms with E-state index in [0.29, 0.717) is 29.8 Å². The van der Waals surface area contributed by atoms with Crippen LogP contribution in [0.15, 0.2) is 28.8 Å². The van der Waals surface area contributed by atoms with Crippen molar-refractivity contribution < 1.29 is 14.0 Å². The average Bonchev–Trinajstić information content (AvgIpc) is 2.95. The number of ether oxygens (including phenoxy) is 2. The second-order valence-electron chi connectivity index (χ2n) is 4.64. The van der Waals surface area contributed by atoms with Crippen LogP contribution in [-0.4, -0.2) is 16.7 Å². The number of hydrogen-bond acceptors (Lipinski definition) is 6. The van der Waals surface area contributed by atoms with Crippen LogP contribution >= 0.6 is 0 Å². The summed E-state index contributed by atoms with van der Waals surface area (Å²) in [6.07, 6.45) is 1.75. The third-order valence-electron chi connectivity index (χ3n) is 2.93. The third kappa shape index (κ3) is 4.46. The quantitative estimate of drug-likeness (QED) is 0.752. The van der Waals surface area contributed by atoms with Gasteiger partial charge in [0.15, 0.2) is 6.61 Å². The monoisotopic (exact) mass is 291 g/mol. The second-order valence-corrected chi connectivity index (χ2v) is 4.64. The van der Waals surface area contributed by atoms with E-state index in [1.54, 1.807) is 24.3 Å². The number of rotatable bonds is 8. The van der Waals surface area contributed by atoms with Crippen molar-refractivity contribution in [2.45, 2.75) is 39.4 Å². The largest absolute Gasteiger partial charge is 0.484 e. The second kappa shape index (κ2) is 7.64. The van der Waals surface area contributed by atoms with Gasteiger partial charge in [0.25, 0.3) is 5.89 Å². The molecule has 0 amide bonds. The van der Waals surface area contributed by atoms with E-state index in [2.05, 4.69) is 17.1 Å². The molecule has 114 valence electrons. The molecule has 0 saturated heterocycles. The fourth-order valence-electron chi connectivity index (χ4n) is 1.92. The van der Waals surface area contributed by atoms with Crippen LogP contribution in [0.1, 0.15) is 44.5 Å². The summed E-state index contributed by atoms with van der Waals surface area (Å²) in [4.78, 5) is 4.33. The lowest BCUT2D eigenvalue weighted by Gasteiger charge is -2.11. The molecule has 0 bridgehead atoms. The number of benzene rings is 1. The van der Waals surface area contributed by atoms with Crippen LogP contribution < -0.4 is 10.5 Å². The third-order valence-corrected chi connectivity index (χ3v) is 2.93. The summed E-state index contributed by atoms with van der Waals surface area (Å²) in [5.74, 6) is 1.72. The van der Waals surface area contributed by atoms with Crippen molar-refractivity contribution in [2.75, 3.05) is 12.3 Å². The number of nitrogen functional groups attached to an aromatic ring is 1. The van der Waals surface area contributed by atoms with E-state index < -0.39 is 0 Å². The summed E-state index contributed by atoms with van der Waals surface area (Å²) < 4.78 is 16.4. The first-order chi connectivity index (χ1) is 10.2. The molecule has 0 radical (unpaired) electrons. The summed E-state index contributed by atoms with van der Waals surface area (Å²) >= 11 is 0. The summed E-state index contributed by atoms with van der Waals surface area (Å²) in [5, 5.41) is 3.97. The van der Waals surface area contributed by atoms with Crippen LogP contribution in [0.25, 0.3) is 0 Å². The van der Waals surface area contributed by atoms with Gasteiger partial charge in [-0.25, -0.2) is 0 Å². The molecule has 0 aliphatic rings. The maximum absolute atomic E-state index is 5.62. The molecule has 1 heterocycles. The highest BCUT2D eigenvalue weighted by Crippen LogP contribution is 2.20. The first-order valence-electron chi connectivity index (χ1n) is 7.15. The topological polar surface area (TPSA) is 83.4 Å². The van der Waals surface area contributed by atoms with Crippen LogP contribution in [0.2, 0.25) is 0 Å². The first kappa shape index (κ1) is 15.3. The summed E-state index contributed by atoms with van der Waals surface area (Å²) in [6.45, 7) is 4.89. The Morgan fingerprint density at radius 3 is 2.67 bits per heavy atom. The van der Waals surface area contributed by atoms with Gasteiger partial charge in [-0.05, 0) is 37.6 Å². The SMILES string of the molecule is CCCC(OCC)c1noc(COc2ccc(N)cc2)n1. The summed E-state index contributed by atoms with van der Waals surface area (Å²) in [5.41, 5.74) is 6.31. The van der Waals surface area contributed by atoms with Crippen LogP contribution in [0.3, 0.4) is 0 Å². The molecule has 2 aromatic rings. The highest BCUT2D eigenvalue weighted by Gasteiger charge is 2.18. The van der Waals surface area contributed by atoms with Crippen LogP contribution in [-0.2, 0) is 11.3 Å². The van der Waals surface area contributed by atoms with E-state index in [1.165, 1.54) is 0 Å². The van der Waals surface area contributed by atoms with Crippen LogP contribution in [0, 0.1) is 0 Å². The van der Waals surface area contributed by atoms with Crippen molar-refractivity contribution in [2.24, 2.45) is 0 Å². The molecule has 21 heavy (non-hydrogen) atoms. The normalized spacial score (nSPS) is 12.3. The zero-order valence-corrected chi connectivity index (χ0v) is 12.4. The smallest absolute Gasteiger partial charge is 0.264 e. The van der Waals surface area contributed by atoms with Crippen molar-refractivity contribution >= 4 is 5.69 Å². The maximum atomic E-state index is 5.62. The molecule has 0 aliphatic heterocycles. The molecule has 2 rings (SSSR count). The minimum atomic E-state index is -0.117. The Bertz CT molecular complexity index is 533. The molecule has 0 saturated carbocycles. The van der Waals surface area contributed by atoms with Crippen LogP contribution in [0.4, 0.5) is 5.69 Å². The minimum absolute atomic E-state index is 0.117. The summed E-state index contributed by atoms with van der Waals surface area (Å²) in [7, 11) is 0. The Morgan fingerprint density at radius 1 is 1.24 bits per heavy atom. The van der Waals surface area contributed by atoms with Gasteiger partial charge in [-0.1, -0.05) is 18.5 Å². The Balaban J connectivity index is 1.94. The van der Waals surface area contributed by atoms with E-state index >= 15 is 0 Å². The van der Waals surface area contributed by atoms with E-state index in [-0.39, 0.29) is 12.7 Å². The standard InChI is InChI=1S/C15H21N3O3/c1-3-5-13(19-4-2)15-17-14(21-18-15)10-20-12-8-6-11(16)7-9-12/h6-9,13H,3-5,10,16H2,1-2H3. The number of aromatic nitrogens is 2. The van der Waals surface area contributed by atoms with Crippen molar-refractivity contribution in [3.05, 3.63) is 36.0 Å².